The second kappa shape index (κ2) is 11.3. The molecular formula is C41H42N2O. The first kappa shape index (κ1) is 28.4. The van der Waals surface area contributed by atoms with E-state index < -0.39 is 0 Å². The van der Waals surface area contributed by atoms with Crippen LogP contribution < -0.4 is 0 Å². The van der Waals surface area contributed by atoms with E-state index in [0.29, 0.717) is 5.92 Å². The lowest BCUT2D eigenvalue weighted by molar-refractivity contribution is -0.0798. The standard InChI is InChI=1S/C41H42N2O/c1-6-41(4,5)44-32(23-28(2)3)26-29-24-30(42-37-19-11-7-15-33(37)34-16-8-12-20-38(34)42)27-31(25-29)43-39-21-13-9-17-35(39)36-18-10-14-22-40(36)43/h7-22,24-25,27-28,32H,6,23,26H2,1-5H3. The third kappa shape index (κ3) is 5.10. The van der Waals surface area contributed by atoms with Crippen molar-refractivity contribution in [2.45, 2.75) is 65.6 Å². The fourth-order valence-corrected chi connectivity index (χ4v) is 6.93. The largest absolute Gasteiger partial charge is 0.372 e. The predicted octanol–water partition coefficient (Wildman–Crippen LogP) is 11.0. The Balaban J connectivity index is 1.49. The molecule has 0 spiro atoms. The fraction of sp³-hybridized carbons (Fsp3) is 0.268. The van der Waals surface area contributed by atoms with Gasteiger partial charge in [-0.2, -0.15) is 0 Å². The zero-order valence-corrected chi connectivity index (χ0v) is 26.5. The zero-order chi connectivity index (χ0) is 30.4. The van der Waals surface area contributed by atoms with Crippen molar-refractivity contribution < 1.29 is 4.74 Å². The van der Waals surface area contributed by atoms with E-state index in [4.69, 9.17) is 4.74 Å². The fourth-order valence-electron chi connectivity index (χ4n) is 6.93. The van der Waals surface area contributed by atoms with Crippen molar-refractivity contribution in [3.05, 3.63) is 121 Å². The first-order valence-corrected chi connectivity index (χ1v) is 16.1. The van der Waals surface area contributed by atoms with E-state index in [0.717, 1.165) is 19.3 Å². The van der Waals surface area contributed by atoms with Crippen LogP contribution in [0, 0.1) is 5.92 Å². The molecule has 0 aliphatic rings. The topological polar surface area (TPSA) is 19.1 Å². The van der Waals surface area contributed by atoms with Gasteiger partial charge in [0, 0.05) is 32.9 Å². The normalized spacial score (nSPS) is 13.1. The molecule has 44 heavy (non-hydrogen) atoms. The number of aromatic nitrogens is 2. The molecule has 0 N–H and O–H groups in total. The van der Waals surface area contributed by atoms with Crippen LogP contribution in [0.2, 0.25) is 0 Å². The maximum Gasteiger partial charge on any atom is 0.0627 e. The predicted molar refractivity (Wildman–Crippen MR) is 188 cm³/mol. The van der Waals surface area contributed by atoms with E-state index in [1.54, 1.807) is 0 Å². The Bertz CT molecular complexity index is 1870. The summed E-state index contributed by atoms with van der Waals surface area (Å²) in [6, 6.07) is 42.3. The quantitative estimate of drug-likeness (QED) is 0.167. The van der Waals surface area contributed by atoms with E-state index in [2.05, 4.69) is 159 Å². The van der Waals surface area contributed by atoms with Crippen molar-refractivity contribution in [3.63, 3.8) is 0 Å². The first-order chi connectivity index (χ1) is 21.3. The first-order valence-electron chi connectivity index (χ1n) is 16.1. The van der Waals surface area contributed by atoms with E-state index in [-0.39, 0.29) is 11.7 Å². The van der Waals surface area contributed by atoms with Crippen molar-refractivity contribution in [1.82, 2.24) is 9.13 Å². The number of nitrogens with zero attached hydrogens (tertiary/aromatic N) is 2. The molecule has 1 unspecified atom stereocenters. The highest BCUT2D eigenvalue weighted by atomic mass is 16.5. The Morgan fingerprint density at radius 1 is 0.591 bits per heavy atom. The van der Waals surface area contributed by atoms with E-state index >= 15 is 0 Å². The molecule has 222 valence electrons. The van der Waals surface area contributed by atoms with Crippen LogP contribution in [-0.2, 0) is 11.2 Å². The molecule has 1 atom stereocenters. The number of ether oxygens (including phenoxy) is 1. The average molecular weight is 579 g/mol. The van der Waals surface area contributed by atoms with Gasteiger partial charge in [-0.1, -0.05) is 93.6 Å². The van der Waals surface area contributed by atoms with E-state index in [1.807, 2.05) is 0 Å². The van der Waals surface area contributed by atoms with Crippen LogP contribution in [0.4, 0.5) is 0 Å². The zero-order valence-electron chi connectivity index (χ0n) is 26.5. The minimum atomic E-state index is -0.167. The minimum absolute atomic E-state index is 0.129. The smallest absolute Gasteiger partial charge is 0.0627 e. The van der Waals surface area contributed by atoms with Gasteiger partial charge in [0.1, 0.15) is 0 Å². The van der Waals surface area contributed by atoms with Gasteiger partial charge < -0.3 is 13.9 Å². The number of fused-ring (bicyclic) bond motifs is 6. The average Bonchev–Trinajstić information content (AvgIpc) is 3.54. The molecule has 0 radical (unpaired) electrons. The van der Waals surface area contributed by atoms with Crippen molar-refractivity contribution in [2.24, 2.45) is 5.92 Å². The van der Waals surface area contributed by atoms with Gasteiger partial charge in [0.05, 0.1) is 33.8 Å². The molecule has 0 saturated carbocycles. The number of rotatable bonds is 9. The Morgan fingerprint density at radius 2 is 0.977 bits per heavy atom. The highest BCUT2D eigenvalue weighted by Crippen LogP contribution is 2.36. The van der Waals surface area contributed by atoms with Gasteiger partial charge in [0.25, 0.3) is 0 Å². The molecule has 0 saturated heterocycles. The second-order valence-corrected chi connectivity index (χ2v) is 13.3. The molecule has 0 bridgehead atoms. The SMILES string of the molecule is CCC(C)(C)OC(Cc1cc(-n2c3ccccc3c3ccccc32)cc(-n2c3ccccc3c3ccccc32)c1)CC(C)C. The summed E-state index contributed by atoms with van der Waals surface area (Å²) in [4.78, 5) is 0. The molecule has 5 aromatic carbocycles. The lowest BCUT2D eigenvalue weighted by Crippen LogP contribution is -2.32. The third-order valence-electron chi connectivity index (χ3n) is 9.17. The summed E-state index contributed by atoms with van der Waals surface area (Å²) in [5.41, 5.74) is 8.37. The van der Waals surface area contributed by atoms with Gasteiger partial charge in [-0.25, -0.2) is 0 Å². The van der Waals surface area contributed by atoms with Crippen molar-refractivity contribution in [2.75, 3.05) is 0 Å². The molecule has 0 aliphatic carbocycles. The number of hydrogen-bond donors (Lipinski definition) is 0. The maximum atomic E-state index is 6.83. The Morgan fingerprint density at radius 3 is 1.34 bits per heavy atom. The Kier molecular flexibility index (Phi) is 7.30. The van der Waals surface area contributed by atoms with Gasteiger partial charge in [-0.05, 0) is 87.1 Å². The molecule has 0 fully saturated rings. The van der Waals surface area contributed by atoms with Gasteiger partial charge in [0.15, 0.2) is 0 Å². The minimum Gasteiger partial charge on any atom is -0.372 e. The summed E-state index contributed by atoms with van der Waals surface area (Å²) in [5.74, 6) is 0.546. The summed E-state index contributed by atoms with van der Waals surface area (Å²) in [6.07, 6.45) is 2.99. The summed E-state index contributed by atoms with van der Waals surface area (Å²) >= 11 is 0. The van der Waals surface area contributed by atoms with Crippen LogP contribution in [0.15, 0.2) is 115 Å². The van der Waals surface area contributed by atoms with Crippen molar-refractivity contribution >= 4 is 43.6 Å². The molecule has 7 aromatic rings. The van der Waals surface area contributed by atoms with Gasteiger partial charge in [-0.15, -0.1) is 0 Å². The lowest BCUT2D eigenvalue weighted by atomic mass is 9.97. The molecule has 2 heterocycles. The summed E-state index contributed by atoms with van der Waals surface area (Å²) in [7, 11) is 0. The van der Waals surface area contributed by atoms with Crippen molar-refractivity contribution in [1.29, 1.82) is 0 Å². The highest BCUT2D eigenvalue weighted by molar-refractivity contribution is 6.10. The maximum absolute atomic E-state index is 6.83. The molecular weight excluding hydrogens is 536 g/mol. The Labute approximate surface area is 260 Å². The van der Waals surface area contributed by atoms with Crippen LogP contribution in [0.1, 0.15) is 53.0 Å². The number of hydrogen-bond acceptors (Lipinski definition) is 1. The highest BCUT2D eigenvalue weighted by Gasteiger charge is 2.24. The molecule has 7 rings (SSSR count). The second-order valence-electron chi connectivity index (χ2n) is 13.3. The summed E-state index contributed by atoms with van der Waals surface area (Å²) in [5, 5.41) is 5.10. The molecule has 0 aliphatic heterocycles. The molecule has 3 nitrogen and oxygen atoms in total. The molecule has 3 heteroatoms. The Hall–Kier alpha value is -4.34. The summed E-state index contributed by atoms with van der Waals surface area (Å²) < 4.78 is 11.7. The number of benzene rings is 5. The van der Waals surface area contributed by atoms with Crippen molar-refractivity contribution in [3.8, 4) is 11.4 Å². The number of para-hydroxylation sites is 4. The van der Waals surface area contributed by atoms with Crippen LogP contribution >= 0.6 is 0 Å². The third-order valence-corrected chi connectivity index (χ3v) is 9.17. The van der Waals surface area contributed by atoms with E-state index in [9.17, 15) is 0 Å². The molecule has 0 amide bonds. The van der Waals surface area contributed by atoms with E-state index in [1.165, 1.54) is 60.5 Å². The van der Waals surface area contributed by atoms with Gasteiger partial charge in [0.2, 0.25) is 0 Å². The van der Waals surface area contributed by atoms with Crippen LogP contribution in [-0.4, -0.2) is 20.8 Å². The molecule has 2 aromatic heterocycles. The van der Waals surface area contributed by atoms with Gasteiger partial charge >= 0.3 is 0 Å². The van der Waals surface area contributed by atoms with Crippen LogP contribution in [0.25, 0.3) is 55.0 Å². The lowest BCUT2D eigenvalue weighted by Gasteiger charge is -2.31. The van der Waals surface area contributed by atoms with Crippen LogP contribution in [0.3, 0.4) is 0 Å². The monoisotopic (exact) mass is 578 g/mol. The summed E-state index contributed by atoms with van der Waals surface area (Å²) in [6.45, 7) is 11.3. The van der Waals surface area contributed by atoms with Gasteiger partial charge in [-0.3, -0.25) is 0 Å². The van der Waals surface area contributed by atoms with Crippen LogP contribution in [0.5, 0.6) is 0 Å².